The van der Waals surface area contributed by atoms with Gasteiger partial charge in [0.15, 0.2) is 6.10 Å². The molecule has 1 atom stereocenters. The van der Waals surface area contributed by atoms with E-state index in [1.165, 1.54) is 59.0 Å². The summed E-state index contributed by atoms with van der Waals surface area (Å²) in [5, 5.41) is 9.02. The Bertz CT molecular complexity index is 453. The average molecular weight is 362 g/mol. The summed E-state index contributed by atoms with van der Waals surface area (Å²) in [7, 11) is 2.97. The van der Waals surface area contributed by atoms with Crippen LogP contribution in [0, 0.1) is 0 Å². The summed E-state index contributed by atoms with van der Waals surface area (Å²) in [5.41, 5.74) is 0. The molecule has 0 aliphatic carbocycles. The van der Waals surface area contributed by atoms with E-state index in [1.807, 2.05) is 0 Å². The highest BCUT2D eigenvalue weighted by atomic mass is 16.5. The van der Waals surface area contributed by atoms with Gasteiger partial charge in [-0.3, -0.25) is 9.59 Å². The van der Waals surface area contributed by atoms with Gasteiger partial charge in [-0.05, 0) is 6.42 Å². The van der Waals surface area contributed by atoms with Gasteiger partial charge in [-0.25, -0.2) is 0 Å². The summed E-state index contributed by atoms with van der Waals surface area (Å²) in [6.45, 7) is -0.158. The first kappa shape index (κ1) is 18.7. The highest BCUT2D eigenvalue weighted by Crippen LogP contribution is 2.12. The van der Waals surface area contributed by atoms with Gasteiger partial charge in [0.2, 0.25) is 0 Å². The molecule has 0 bridgehead atoms. The lowest BCUT2D eigenvalue weighted by molar-refractivity contribution is -0.873. The van der Waals surface area contributed by atoms with E-state index in [0.717, 1.165) is 12.8 Å². The molecule has 5 nitrogen and oxygen atoms in total. The average Bonchev–Trinajstić information content (AvgIpc) is 2.54. The van der Waals surface area contributed by atoms with E-state index in [1.54, 1.807) is 0 Å². The zero-order valence-corrected chi connectivity index (χ0v) is 16.4. The van der Waals surface area contributed by atoms with Crippen LogP contribution in [-0.4, -0.2) is 55.2 Å². The second kappa shape index (κ2) is 14.1. The predicted molar refractivity (Wildman–Crippen MR) is 101 cm³/mol. The van der Waals surface area contributed by atoms with Gasteiger partial charge < -0.3 is 14.3 Å². The number of carboxylic acids is 1. The number of esters is 1. The van der Waals surface area contributed by atoms with Gasteiger partial charge in [0.25, 0.3) is 0 Å². The number of carbonyl (C=O) groups excluding carboxylic acids is 1. The van der Waals surface area contributed by atoms with Crippen molar-refractivity contribution >= 4 is 11.9 Å². The molecule has 0 radical (unpaired) electrons. The van der Waals surface area contributed by atoms with E-state index < -0.39 is 29.5 Å². The van der Waals surface area contributed by atoms with Crippen molar-refractivity contribution in [3.8, 4) is 0 Å². The largest absolute Gasteiger partial charge is 0.481 e. The molecule has 0 saturated carbocycles. The van der Waals surface area contributed by atoms with Crippen LogP contribution in [0.2, 0.25) is 0 Å². The maximum Gasteiger partial charge on any atom is 0.307 e. The number of aliphatic carboxylic acids is 1. The summed E-state index contributed by atoms with van der Waals surface area (Å²) in [5.74, 6) is -1.56. The number of ether oxygens (including phenoxy) is 1. The minimum Gasteiger partial charge on any atom is -0.481 e. The van der Waals surface area contributed by atoms with Crippen molar-refractivity contribution in [2.24, 2.45) is 0 Å². The topological polar surface area (TPSA) is 63.6 Å². The second-order valence-corrected chi connectivity index (χ2v) is 7.51. The highest BCUT2D eigenvalue weighted by Gasteiger charge is 2.24. The molecule has 0 saturated heterocycles. The van der Waals surface area contributed by atoms with Crippen molar-refractivity contribution in [3.05, 3.63) is 0 Å². The lowest BCUT2D eigenvalue weighted by atomic mass is 10.1. The molecule has 0 aromatic heterocycles. The molecular formula is C20H40NO4+. The number of quaternary nitrogens is 1. The molecular weight excluding hydrogens is 318 g/mol. The number of hydrogen-bond donors (Lipinski definition) is 1. The number of carboxylic acid groups (broad SMARTS) is 1. The van der Waals surface area contributed by atoms with Crippen molar-refractivity contribution in [1.82, 2.24) is 0 Å². The summed E-state index contributed by atoms with van der Waals surface area (Å²) in [6.07, 6.45) is 10.5. The Labute approximate surface area is 158 Å². The van der Waals surface area contributed by atoms with Gasteiger partial charge in [0.05, 0.1) is 31.6 Å². The monoisotopic (exact) mass is 361 g/mol. The van der Waals surface area contributed by atoms with Crippen LogP contribution in [0.5, 0.6) is 0 Å². The van der Waals surface area contributed by atoms with Crippen molar-refractivity contribution in [2.75, 3.05) is 27.6 Å². The highest BCUT2D eigenvalue weighted by molar-refractivity contribution is 5.71. The van der Waals surface area contributed by atoms with Gasteiger partial charge in [0, 0.05) is 6.42 Å². The molecule has 0 aromatic carbocycles. The van der Waals surface area contributed by atoms with Gasteiger partial charge in [0.1, 0.15) is 6.54 Å². The Morgan fingerprint density at radius 2 is 1.52 bits per heavy atom. The van der Waals surface area contributed by atoms with Crippen LogP contribution in [0.15, 0.2) is 0 Å². The molecule has 0 aromatic rings. The molecule has 0 spiro atoms. The number of carbonyl (C=O) groups is 2. The van der Waals surface area contributed by atoms with Crippen LogP contribution in [0.4, 0.5) is 0 Å². The molecule has 1 N–H and O–H groups in total. The number of rotatable bonds is 16. The van der Waals surface area contributed by atoms with E-state index in [9.17, 15) is 9.59 Å². The van der Waals surface area contributed by atoms with Crippen LogP contribution >= 0.6 is 0 Å². The molecule has 5 heteroatoms. The zero-order valence-electron chi connectivity index (χ0n) is 19.4. The maximum absolute atomic E-state index is 12.0. The molecule has 0 fully saturated rings. The SMILES string of the molecule is [2H]C([2H])([2H])[N+](C)(C)C[C@@H](CC(=O)O)OC(=O)CCCCCCCCCCCC. The fourth-order valence-corrected chi connectivity index (χ4v) is 2.85. The van der Waals surface area contributed by atoms with Gasteiger partial charge in [-0.15, -0.1) is 0 Å². The molecule has 0 amide bonds. The van der Waals surface area contributed by atoms with Crippen LogP contribution in [0.3, 0.4) is 0 Å². The van der Waals surface area contributed by atoms with E-state index in [4.69, 9.17) is 14.0 Å². The van der Waals surface area contributed by atoms with Crippen LogP contribution in [-0.2, 0) is 14.3 Å². The van der Waals surface area contributed by atoms with Crippen molar-refractivity contribution in [1.29, 1.82) is 0 Å². The van der Waals surface area contributed by atoms with Gasteiger partial charge in [-0.1, -0.05) is 64.7 Å². The number of unbranched alkanes of at least 4 members (excludes halogenated alkanes) is 9. The molecule has 148 valence electrons. The molecule has 0 unspecified atom stereocenters. The Balaban J connectivity index is 4.11. The zero-order chi connectivity index (χ0) is 21.6. The molecule has 0 aliphatic heterocycles. The Kier molecular flexibility index (Phi) is 10.5. The number of hydrogen-bond acceptors (Lipinski definition) is 3. The fourth-order valence-electron chi connectivity index (χ4n) is 2.85. The number of likely N-dealkylation sites (N-methyl/N-ethyl adjacent to an activating group) is 1. The minimum atomic E-state index is -2.31. The third-order valence-electron chi connectivity index (χ3n) is 4.09. The molecule has 0 heterocycles. The predicted octanol–water partition coefficient (Wildman–Crippen LogP) is 4.39. The fraction of sp³-hybridized carbons (Fsp3) is 0.900. The van der Waals surface area contributed by atoms with E-state index in [0.29, 0.717) is 6.42 Å². The summed E-state index contributed by atoms with van der Waals surface area (Å²) < 4.78 is 27.5. The summed E-state index contributed by atoms with van der Waals surface area (Å²) in [6, 6.07) is 0. The Hall–Kier alpha value is -1.10. The lowest BCUT2D eigenvalue weighted by Gasteiger charge is -2.28. The number of nitrogens with zero attached hydrogens (tertiary/aromatic N) is 1. The van der Waals surface area contributed by atoms with Gasteiger partial charge >= 0.3 is 11.9 Å². The second-order valence-electron chi connectivity index (χ2n) is 7.51. The summed E-state index contributed by atoms with van der Waals surface area (Å²) >= 11 is 0. The lowest BCUT2D eigenvalue weighted by Crippen LogP contribution is -2.43. The third-order valence-corrected chi connectivity index (χ3v) is 4.09. The normalized spacial score (nSPS) is 15.1. The molecule has 0 rings (SSSR count). The smallest absolute Gasteiger partial charge is 0.307 e. The molecule has 25 heavy (non-hydrogen) atoms. The third kappa shape index (κ3) is 17.5. The van der Waals surface area contributed by atoms with Crippen LogP contribution < -0.4 is 0 Å². The maximum atomic E-state index is 12.0. The Morgan fingerprint density at radius 1 is 1.00 bits per heavy atom. The van der Waals surface area contributed by atoms with Crippen LogP contribution in [0.1, 0.15) is 88.1 Å². The minimum absolute atomic E-state index is 0.0629. The quantitative estimate of drug-likeness (QED) is 0.251. The van der Waals surface area contributed by atoms with Crippen molar-refractivity contribution in [2.45, 2.75) is 90.1 Å². The van der Waals surface area contributed by atoms with Gasteiger partial charge in [-0.2, -0.15) is 0 Å². The first-order valence-electron chi connectivity index (χ1n) is 11.2. The first-order valence-corrected chi connectivity index (χ1v) is 9.74. The molecule has 0 aliphatic rings. The standard InChI is InChI=1S/C20H39NO4/c1-5-6-7-8-9-10-11-12-13-14-15-20(24)25-18(16-19(22)23)17-21(2,3)4/h18H,5-17H2,1-4H3/p+1/t18-/m1/s1/i2D3. The van der Waals surface area contributed by atoms with Crippen LogP contribution in [0.25, 0.3) is 0 Å². The van der Waals surface area contributed by atoms with Crippen molar-refractivity contribution < 1.29 is 28.0 Å². The van der Waals surface area contributed by atoms with E-state index >= 15 is 0 Å². The Morgan fingerprint density at radius 3 is 2.00 bits per heavy atom. The first-order chi connectivity index (χ1) is 13.0. The summed E-state index contributed by atoms with van der Waals surface area (Å²) in [4.78, 5) is 23.1. The van der Waals surface area contributed by atoms with E-state index in [2.05, 4.69) is 6.92 Å². The van der Waals surface area contributed by atoms with Crippen molar-refractivity contribution in [3.63, 3.8) is 0 Å². The van der Waals surface area contributed by atoms with E-state index in [-0.39, 0.29) is 19.4 Å².